The molecule has 0 aliphatic heterocycles. The monoisotopic (exact) mass is 126 g/mol. The largest absolute Gasteiger partial charge is 0.0916 e. The third kappa shape index (κ3) is 4.26. The van der Waals surface area contributed by atoms with Gasteiger partial charge in [-0.15, -0.1) is 0 Å². The molecule has 0 radical (unpaired) electrons. The Morgan fingerprint density at radius 1 is 1.33 bits per heavy atom. The second-order valence-electron chi connectivity index (χ2n) is 3.29. The Bertz CT molecular complexity index is 88.2. The minimum Gasteiger partial charge on any atom is -0.0916 e. The third-order valence-corrected chi connectivity index (χ3v) is 1.86. The molecule has 9 heavy (non-hydrogen) atoms. The van der Waals surface area contributed by atoms with E-state index in [9.17, 15) is 0 Å². The Morgan fingerprint density at radius 3 is 2.22 bits per heavy atom. The van der Waals surface area contributed by atoms with Crippen molar-refractivity contribution in [1.82, 2.24) is 0 Å². The fourth-order valence-electron chi connectivity index (χ4n) is 0.581. The lowest BCUT2D eigenvalue weighted by molar-refractivity contribution is 0.357. The summed E-state index contributed by atoms with van der Waals surface area (Å²) in [6.45, 7) is 8.91. The number of allylic oxidation sites excluding steroid dienone is 2. The van der Waals surface area contributed by atoms with Gasteiger partial charge < -0.3 is 0 Å². The molecule has 0 saturated carbocycles. The second-order valence-corrected chi connectivity index (χ2v) is 3.29. The van der Waals surface area contributed by atoms with E-state index in [4.69, 9.17) is 0 Å². The van der Waals surface area contributed by atoms with Crippen molar-refractivity contribution in [2.24, 2.45) is 5.41 Å². The quantitative estimate of drug-likeness (QED) is 0.508. The number of hydrogen-bond donors (Lipinski definition) is 0. The average molecular weight is 126 g/mol. The lowest BCUT2D eigenvalue weighted by Gasteiger charge is -2.19. The highest BCUT2D eigenvalue weighted by Gasteiger charge is 2.11. The maximum absolute atomic E-state index is 2.30. The molecular formula is C9H18. The molecule has 0 atom stereocenters. The summed E-state index contributed by atoms with van der Waals surface area (Å²) in [7, 11) is 0. The van der Waals surface area contributed by atoms with Crippen LogP contribution < -0.4 is 0 Å². The summed E-state index contributed by atoms with van der Waals surface area (Å²) in [5.41, 5.74) is 0.506. The fraction of sp³-hybridized carbons (Fsp3) is 0.778. The molecule has 0 rings (SSSR count). The highest BCUT2D eigenvalue weighted by atomic mass is 14.2. The summed E-state index contributed by atoms with van der Waals surface area (Å²) in [5.74, 6) is 0. The zero-order valence-electron chi connectivity index (χ0n) is 7.07. The molecule has 0 nitrogen and oxygen atoms in total. The van der Waals surface area contributed by atoms with Crippen LogP contribution in [0.2, 0.25) is 0 Å². The summed E-state index contributed by atoms with van der Waals surface area (Å²) < 4.78 is 0. The third-order valence-electron chi connectivity index (χ3n) is 1.86. The molecule has 0 aromatic rings. The SMILES string of the molecule is C/C=C\CC(C)(C)CC. The van der Waals surface area contributed by atoms with E-state index in [2.05, 4.69) is 39.8 Å². The molecule has 0 aliphatic carbocycles. The zero-order valence-corrected chi connectivity index (χ0v) is 7.07. The van der Waals surface area contributed by atoms with Crippen molar-refractivity contribution in [2.75, 3.05) is 0 Å². The van der Waals surface area contributed by atoms with Crippen molar-refractivity contribution in [1.29, 1.82) is 0 Å². The van der Waals surface area contributed by atoms with Gasteiger partial charge in [0.15, 0.2) is 0 Å². The van der Waals surface area contributed by atoms with Crippen LogP contribution in [-0.2, 0) is 0 Å². The predicted octanol–water partition coefficient (Wildman–Crippen LogP) is 3.39. The highest BCUT2D eigenvalue weighted by Crippen LogP contribution is 2.24. The molecule has 0 aliphatic rings. The van der Waals surface area contributed by atoms with E-state index in [0.29, 0.717) is 5.41 Å². The Balaban J connectivity index is 3.58. The molecule has 54 valence electrons. The van der Waals surface area contributed by atoms with Crippen LogP contribution >= 0.6 is 0 Å². The molecule has 0 spiro atoms. The molecule has 0 amide bonds. The first-order valence-electron chi connectivity index (χ1n) is 3.73. The van der Waals surface area contributed by atoms with Crippen LogP contribution in [0, 0.1) is 5.41 Å². The van der Waals surface area contributed by atoms with Crippen LogP contribution in [0.1, 0.15) is 40.5 Å². The topological polar surface area (TPSA) is 0 Å². The van der Waals surface area contributed by atoms with E-state index in [1.165, 1.54) is 12.8 Å². The van der Waals surface area contributed by atoms with Gasteiger partial charge in [-0.1, -0.05) is 39.3 Å². The Kier molecular flexibility index (Phi) is 3.60. The Labute approximate surface area is 59.0 Å². The summed E-state index contributed by atoms with van der Waals surface area (Å²) in [5, 5.41) is 0. The maximum atomic E-state index is 2.30. The van der Waals surface area contributed by atoms with Crippen molar-refractivity contribution < 1.29 is 0 Å². The normalized spacial score (nSPS) is 12.9. The zero-order chi connectivity index (χ0) is 7.33. The van der Waals surface area contributed by atoms with Gasteiger partial charge >= 0.3 is 0 Å². The van der Waals surface area contributed by atoms with Gasteiger partial charge in [0.05, 0.1) is 0 Å². The van der Waals surface area contributed by atoms with Crippen LogP contribution in [0.15, 0.2) is 12.2 Å². The molecule has 0 bridgehead atoms. The van der Waals surface area contributed by atoms with Gasteiger partial charge in [-0.2, -0.15) is 0 Å². The molecule has 0 heterocycles. The summed E-state index contributed by atoms with van der Waals surface area (Å²) >= 11 is 0. The van der Waals surface area contributed by atoms with E-state index in [0.717, 1.165) is 0 Å². The first-order valence-corrected chi connectivity index (χ1v) is 3.73. The van der Waals surface area contributed by atoms with E-state index >= 15 is 0 Å². The number of rotatable bonds is 3. The van der Waals surface area contributed by atoms with Crippen molar-refractivity contribution in [3.8, 4) is 0 Å². The molecule has 0 unspecified atom stereocenters. The van der Waals surface area contributed by atoms with Crippen LogP contribution in [0.5, 0.6) is 0 Å². The van der Waals surface area contributed by atoms with Crippen molar-refractivity contribution in [3.05, 3.63) is 12.2 Å². The molecular weight excluding hydrogens is 108 g/mol. The lowest BCUT2D eigenvalue weighted by atomic mass is 9.86. The highest BCUT2D eigenvalue weighted by molar-refractivity contribution is 4.83. The molecule has 0 N–H and O–H groups in total. The average Bonchev–Trinajstić information content (AvgIpc) is 1.84. The molecule has 0 aromatic carbocycles. The van der Waals surface area contributed by atoms with E-state index in [-0.39, 0.29) is 0 Å². The molecule has 0 heteroatoms. The smallest absolute Gasteiger partial charge is 0.0299 e. The summed E-state index contributed by atoms with van der Waals surface area (Å²) in [6, 6.07) is 0. The minimum absolute atomic E-state index is 0.506. The summed E-state index contributed by atoms with van der Waals surface area (Å²) in [6.07, 6.45) is 6.83. The molecule has 0 aromatic heterocycles. The van der Waals surface area contributed by atoms with Crippen LogP contribution in [0.3, 0.4) is 0 Å². The maximum Gasteiger partial charge on any atom is -0.0299 e. The van der Waals surface area contributed by atoms with E-state index in [1.807, 2.05) is 0 Å². The minimum atomic E-state index is 0.506. The van der Waals surface area contributed by atoms with E-state index < -0.39 is 0 Å². The van der Waals surface area contributed by atoms with Crippen molar-refractivity contribution in [3.63, 3.8) is 0 Å². The van der Waals surface area contributed by atoms with Gasteiger partial charge in [0.25, 0.3) is 0 Å². The fourth-order valence-corrected chi connectivity index (χ4v) is 0.581. The van der Waals surface area contributed by atoms with Gasteiger partial charge in [-0.3, -0.25) is 0 Å². The van der Waals surface area contributed by atoms with Crippen molar-refractivity contribution >= 4 is 0 Å². The molecule has 0 saturated heterocycles. The Morgan fingerprint density at radius 2 is 1.89 bits per heavy atom. The first kappa shape index (κ1) is 8.74. The van der Waals surface area contributed by atoms with Gasteiger partial charge in [0.1, 0.15) is 0 Å². The Hall–Kier alpha value is -0.260. The standard InChI is InChI=1S/C9H18/c1-5-7-8-9(3,4)6-2/h5,7H,6,8H2,1-4H3/b7-5-. The van der Waals surface area contributed by atoms with Gasteiger partial charge in [-0.25, -0.2) is 0 Å². The second kappa shape index (κ2) is 3.71. The lowest BCUT2D eigenvalue weighted by Crippen LogP contribution is -2.06. The number of hydrogen-bond acceptors (Lipinski definition) is 0. The van der Waals surface area contributed by atoms with Gasteiger partial charge in [0, 0.05) is 0 Å². The van der Waals surface area contributed by atoms with Crippen molar-refractivity contribution in [2.45, 2.75) is 40.5 Å². The molecule has 0 fully saturated rings. The van der Waals surface area contributed by atoms with Crippen LogP contribution in [0.25, 0.3) is 0 Å². The first-order chi connectivity index (χ1) is 4.12. The van der Waals surface area contributed by atoms with Crippen LogP contribution in [-0.4, -0.2) is 0 Å². The predicted molar refractivity (Wildman–Crippen MR) is 43.5 cm³/mol. The summed E-state index contributed by atoms with van der Waals surface area (Å²) in [4.78, 5) is 0. The van der Waals surface area contributed by atoms with Gasteiger partial charge in [0.2, 0.25) is 0 Å². The van der Waals surface area contributed by atoms with Crippen LogP contribution in [0.4, 0.5) is 0 Å². The van der Waals surface area contributed by atoms with E-state index in [1.54, 1.807) is 0 Å². The van der Waals surface area contributed by atoms with Gasteiger partial charge in [-0.05, 0) is 18.8 Å².